The van der Waals surface area contributed by atoms with E-state index in [2.05, 4.69) is 10.6 Å². The number of rotatable bonds is 7. The minimum absolute atomic E-state index is 0.0740. The van der Waals surface area contributed by atoms with Gasteiger partial charge in [-0.3, -0.25) is 14.4 Å². The lowest BCUT2D eigenvalue weighted by Crippen LogP contribution is -2.36. The Balaban J connectivity index is 1.48. The number of furan rings is 1. The van der Waals surface area contributed by atoms with Gasteiger partial charge in [0.25, 0.3) is 11.8 Å². The van der Waals surface area contributed by atoms with Crippen LogP contribution in [0.5, 0.6) is 0 Å². The minimum atomic E-state index is -0.443. The second kappa shape index (κ2) is 9.99. The SMILES string of the molecule is CC(NC(=O)C(=Cc1ccco1)NC(=O)c1ccccc1)c1ccc(N2CCCC2=O)cc1. The highest BCUT2D eigenvalue weighted by Crippen LogP contribution is 2.23. The van der Waals surface area contributed by atoms with Gasteiger partial charge in [0.2, 0.25) is 5.91 Å². The van der Waals surface area contributed by atoms with Crippen molar-refractivity contribution < 1.29 is 18.8 Å². The van der Waals surface area contributed by atoms with Crippen LogP contribution in [0.15, 0.2) is 83.1 Å². The number of carbonyl (C=O) groups excluding carboxylic acids is 3. The molecule has 7 heteroatoms. The van der Waals surface area contributed by atoms with E-state index in [0.29, 0.717) is 17.7 Å². The molecule has 1 aromatic heterocycles. The van der Waals surface area contributed by atoms with Gasteiger partial charge in [-0.2, -0.15) is 0 Å². The van der Waals surface area contributed by atoms with E-state index in [4.69, 9.17) is 4.42 Å². The Morgan fingerprint density at radius 1 is 1.03 bits per heavy atom. The Labute approximate surface area is 192 Å². The summed E-state index contributed by atoms with van der Waals surface area (Å²) in [6, 6.07) is 19.3. The van der Waals surface area contributed by atoms with Crippen molar-refractivity contribution in [1.29, 1.82) is 0 Å². The zero-order valence-electron chi connectivity index (χ0n) is 18.3. The van der Waals surface area contributed by atoms with Gasteiger partial charge in [-0.15, -0.1) is 0 Å². The second-order valence-electron chi connectivity index (χ2n) is 7.83. The summed E-state index contributed by atoms with van der Waals surface area (Å²) in [6.45, 7) is 2.59. The molecule has 1 aliphatic heterocycles. The quantitative estimate of drug-likeness (QED) is 0.539. The molecule has 4 rings (SSSR count). The molecule has 1 unspecified atom stereocenters. The van der Waals surface area contributed by atoms with E-state index >= 15 is 0 Å². The molecule has 7 nitrogen and oxygen atoms in total. The van der Waals surface area contributed by atoms with Crippen LogP contribution in [0.1, 0.15) is 47.5 Å². The van der Waals surface area contributed by atoms with Crippen molar-refractivity contribution in [2.75, 3.05) is 11.4 Å². The Morgan fingerprint density at radius 2 is 1.79 bits per heavy atom. The molecule has 2 N–H and O–H groups in total. The van der Waals surface area contributed by atoms with Crippen molar-refractivity contribution in [2.24, 2.45) is 0 Å². The molecule has 33 heavy (non-hydrogen) atoms. The van der Waals surface area contributed by atoms with Crippen LogP contribution < -0.4 is 15.5 Å². The first-order valence-electron chi connectivity index (χ1n) is 10.8. The Kier molecular flexibility index (Phi) is 6.69. The van der Waals surface area contributed by atoms with E-state index in [9.17, 15) is 14.4 Å². The standard InChI is InChI=1S/C26H25N3O4/c1-18(19-11-13-21(14-12-19)29-15-5-10-24(29)30)27-26(32)23(17-22-9-6-16-33-22)28-25(31)20-7-3-2-4-8-20/h2-4,6-9,11-14,16-18H,5,10,15H2,1H3,(H,27,32)(H,28,31). The molecule has 0 aliphatic carbocycles. The predicted molar refractivity (Wildman–Crippen MR) is 125 cm³/mol. The Morgan fingerprint density at radius 3 is 2.42 bits per heavy atom. The van der Waals surface area contributed by atoms with Crippen LogP contribution in [0, 0.1) is 0 Å². The maximum Gasteiger partial charge on any atom is 0.268 e. The van der Waals surface area contributed by atoms with Gasteiger partial charge in [-0.05, 0) is 55.3 Å². The lowest BCUT2D eigenvalue weighted by atomic mass is 10.1. The lowest BCUT2D eigenvalue weighted by Gasteiger charge is -2.19. The molecule has 0 radical (unpaired) electrons. The van der Waals surface area contributed by atoms with E-state index in [1.54, 1.807) is 41.3 Å². The monoisotopic (exact) mass is 443 g/mol. The number of carbonyl (C=O) groups is 3. The molecule has 0 bridgehead atoms. The lowest BCUT2D eigenvalue weighted by molar-refractivity contribution is -0.118. The molecule has 168 valence electrons. The summed E-state index contributed by atoms with van der Waals surface area (Å²) in [6.07, 6.45) is 4.43. The van der Waals surface area contributed by atoms with Crippen molar-refractivity contribution in [3.05, 3.63) is 95.6 Å². The maximum atomic E-state index is 13.1. The van der Waals surface area contributed by atoms with Crippen molar-refractivity contribution >= 4 is 29.5 Å². The van der Waals surface area contributed by atoms with Gasteiger partial charge >= 0.3 is 0 Å². The van der Waals surface area contributed by atoms with Gasteiger partial charge in [0, 0.05) is 30.3 Å². The number of nitrogens with one attached hydrogen (secondary N) is 2. The number of nitrogens with zero attached hydrogens (tertiary/aromatic N) is 1. The van der Waals surface area contributed by atoms with Gasteiger partial charge < -0.3 is 20.0 Å². The van der Waals surface area contributed by atoms with Crippen LogP contribution in [0.25, 0.3) is 6.08 Å². The van der Waals surface area contributed by atoms with Gasteiger partial charge in [0.05, 0.1) is 12.3 Å². The highest BCUT2D eigenvalue weighted by molar-refractivity contribution is 6.05. The van der Waals surface area contributed by atoms with E-state index in [1.165, 1.54) is 12.3 Å². The number of anilines is 1. The van der Waals surface area contributed by atoms with Crippen molar-refractivity contribution in [3.8, 4) is 0 Å². The average molecular weight is 444 g/mol. The zero-order chi connectivity index (χ0) is 23.2. The van der Waals surface area contributed by atoms with Gasteiger partial charge in [-0.25, -0.2) is 0 Å². The van der Waals surface area contributed by atoms with Crippen LogP contribution in [0.2, 0.25) is 0 Å². The molecule has 2 aromatic carbocycles. The van der Waals surface area contributed by atoms with E-state index in [1.807, 2.05) is 37.3 Å². The maximum absolute atomic E-state index is 13.1. The Hall–Kier alpha value is -4.13. The fraction of sp³-hybridized carbons (Fsp3) is 0.192. The van der Waals surface area contributed by atoms with Crippen molar-refractivity contribution in [1.82, 2.24) is 10.6 Å². The third-order valence-electron chi connectivity index (χ3n) is 5.48. The van der Waals surface area contributed by atoms with Gasteiger partial charge in [-0.1, -0.05) is 30.3 Å². The molecular weight excluding hydrogens is 418 g/mol. The van der Waals surface area contributed by atoms with Crippen LogP contribution in [-0.4, -0.2) is 24.3 Å². The molecule has 0 saturated carbocycles. The van der Waals surface area contributed by atoms with Crippen molar-refractivity contribution in [2.45, 2.75) is 25.8 Å². The number of benzene rings is 2. The molecule has 0 spiro atoms. The van der Waals surface area contributed by atoms with Crippen molar-refractivity contribution in [3.63, 3.8) is 0 Å². The molecule has 3 amide bonds. The van der Waals surface area contributed by atoms with Crippen LogP contribution in [0.3, 0.4) is 0 Å². The van der Waals surface area contributed by atoms with E-state index < -0.39 is 11.8 Å². The summed E-state index contributed by atoms with van der Waals surface area (Å²) in [5, 5.41) is 5.60. The second-order valence-corrected chi connectivity index (χ2v) is 7.83. The van der Waals surface area contributed by atoms with Crippen LogP contribution >= 0.6 is 0 Å². The molecular formula is C26H25N3O4. The molecule has 1 fully saturated rings. The smallest absolute Gasteiger partial charge is 0.268 e. The zero-order valence-corrected chi connectivity index (χ0v) is 18.3. The number of hydrogen-bond donors (Lipinski definition) is 2. The number of amides is 3. The van der Waals surface area contributed by atoms with Crippen LogP contribution in [0.4, 0.5) is 5.69 Å². The minimum Gasteiger partial charge on any atom is -0.465 e. The van der Waals surface area contributed by atoms with Crippen LogP contribution in [-0.2, 0) is 9.59 Å². The van der Waals surface area contributed by atoms with E-state index in [-0.39, 0.29) is 17.6 Å². The Bertz CT molecular complexity index is 1150. The highest BCUT2D eigenvalue weighted by Gasteiger charge is 2.22. The first-order chi connectivity index (χ1) is 16.0. The first kappa shape index (κ1) is 22.1. The average Bonchev–Trinajstić information content (AvgIpc) is 3.51. The summed E-state index contributed by atoms with van der Waals surface area (Å²) in [7, 11) is 0. The summed E-state index contributed by atoms with van der Waals surface area (Å²) >= 11 is 0. The molecule has 1 atom stereocenters. The molecule has 2 heterocycles. The third kappa shape index (κ3) is 5.38. The first-order valence-corrected chi connectivity index (χ1v) is 10.8. The summed E-state index contributed by atoms with van der Waals surface area (Å²) < 4.78 is 5.32. The largest absolute Gasteiger partial charge is 0.465 e. The molecule has 1 saturated heterocycles. The molecule has 1 aliphatic rings. The highest BCUT2D eigenvalue weighted by atomic mass is 16.3. The summed E-state index contributed by atoms with van der Waals surface area (Å²) in [5.41, 5.74) is 2.25. The predicted octanol–water partition coefficient (Wildman–Crippen LogP) is 4.05. The number of hydrogen-bond acceptors (Lipinski definition) is 4. The summed E-state index contributed by atoms with van der Waals surface area (Å²) in [4.78, 5) is 39.4. The third-order valence-corrected chi connectivity index (χ3v) is 5.48. The normalized spacial score (nSPS) is 14.8. The topological polar surface area (TPSA) is 91.7 Å². The molecule has 3 aromatic rings. The van der Waals surface area contributed by atoms with Gasteiger partial charge in [0.1, 0.15) is 11.5 Å². The fourth-order valence-corrected chi connectivity index (χ4v) is 3.68. The van der Waals surface area contributed by atoms with Gasteiger partial charge in [0.15, 0.2) is 0 Å². The summed E-state index contributed by atoms with van der Waals surface area (Å²) in [5.74, 6) is -0.260. The van der Waals surface area contributed by atoms with E-state index in [0.717, 1.165) is 24.2 Å². The fourth-order valence-electron chi connectivity index (χ4n) is 3.68.